The standard InChI is InChI=1S/C22H34N4O2/c1-24-15-17-25(18-16-24)12-6-5-11-23-22(28)26-13-9-20(10-14-26)21(27)19-7-3-2-4-8-19/h2-4,7-8,20H,5-6,9-18H2,1H3,(H,23,28). The number of hydrogen-bond acceptors (Lipinski definition) is 4. The van der Waals surface area contributed by atoms with Crippen LogP contribution in [0, 0.1) is 5.92 Å². The van der Waals surface area contributed by atoms with Crippen molar-refractivity contribution in [3.05, 3.63) is 35.9 Å². The van der Waals surface area contributed by atoms with Crippen molar-refractivity contribution in [3.8, 4) is 0 Å². The molecular weight excluding hydrogens is 352 g/mol. The SMILES string of the molecule is CN1CCN(CCCCNC(=O)N2CCC(C(=O)c3ccccc3)CC2)CC1. The number of nitrogens with zero attached hydrogens (tertiary/aromatic N) is 3. The van der Waals surface area contributed by atoms with E-state index in [2.05, 4.69) is 22.2 Å². The summed E-state index contributed by atoms with van der Waals surface area (Å²) in [5, 5.41) is 3.05. The molecular formula is C22H34N4O2. The number of amides is 2. The van der Waals surface area contributed by atoms with E-state index in [0.29, 0.717) is 13.1 Å². The van der Waals surface area contributed by atoms with E-state index >= 15 is 0 Å². The van der Waals surface area contributed by atoms with Crippen LogP contribution in [0.5, 0.6) is 0 Å². The summed E-state index contributed by atoms with van der Waals surface area (Å²) in [6.45, 7) is 7.79. The highest BCUT2D eigenvalue weighted by Crippen LogP contribution is 2.21. The summed E-state index contributed by atoms with van der Waals surface area (Å²) >= 11 is 0. The van der Waals surface area contributed by atoms with Crippen LogP contribution < -0.4 is 5.32 Å². The van der Waals surface area contributed by atoms with E-state index in [-0.39, 0.29) is 17.7 Å². The summed E-state index contributed by atoms with van der Waals surface area (Å²) in [6.07, 6.45) is 3.65. The summed E-state index contributed by atoms with van der Waals surface area (Å²) in [7, 11) is 2.17. The van der Waals surface area contributed by atoms with Gasteiger partial charge in [-0.2, -0.15) is 0 Å². The molecule has 0 atom stereocenters. The van der Waals surface area contributed by atoms with Gasteiger partial charge in [-0.1, -0.05) is 30.3 Å². The molecule has 1 aromatic rings. The highest BCUT2D eigenvalue weighted by Gasteiger charge is 2.27. The van der Waals surface area contributed by atoms with Crippen LogP contribution in [-0.4, -0.2) is 85.9 Å². The Balaban J connectivity index is 1.28. The molecule has 0 saturated carbocycles. The molecule has 0 spiro atoms. The van der Waals surface area contributed by atoms with Crippen LogP contribution in [0.25, 0.3) is 0 Å². The number of carbonyl (C=O) groups excluding carboxylic acids is 2. The number of rotatable bonds is 7. The minimum atomic E-state index is 0.0187. The van der Waals surface area contributed by atoms with Crippen LogP contribution in [0.4, 0.5) is 4.79 Å². The lowest BCUT2D eigenvalue weighted by atomic mass is 9.89. The fraction of sp³-hybridized carbons (Fsp3) is 0.636. The minimum Gasteiger partial charge on any atom is -0.338 e. The number of ketones is 1. The van der Waals surface area contributed by atoms with E-state index in [9.17, 15) is 9.59 Å². The quantitative estimate of drug-likeness (QED) is 0.577. The highest BCUT2D eigenvalue weighted by molar-refractivity contribution is 5.97. The Morgan fingerprint density at radius 2 is 1.64 bits per heavy atom. The van der Waals surface area contributed by atoms with E-state index in [1.54, 1.807) is 0 Å². The molecule has 1 aromatic carbocycles. The smallest absolute Gasteiger partial charge is 0.317 e. The number of nitrogens with one attached hydrogen (secondary N) is 1. The van der Waals surface area contributed by atoms with Crippen molar-refractivity contribution in [1.82, 2.24) is 20.0 Å². The van der Waals surface area contributed by atoms with Crippen molar-refractivity contribution in [3.63, 3.8) is 0 Å². The van der Waals surface area contributed by atoms with Crippen molar-refractivity contribution < 1.29 is 9.59 Å². The second-order valence-corrected chi connectivity index (χ2v) is 8.08. The van der Waals surface area contributed by atoms with Gasteiger partial charge in [0.15, 0.2) is 5.78 Å². The Bertz CT molecular complexity index is 621. The minimum absolute atomic E-state index is 0.0187. The largest absolute Gasteiger partial charge is 0.338 e. The molecule has 28 heavy (non-hydrogen) atoms. The number of hydrogen-bond donors (Lipinski definition) is 1. The number of benzene rings is 1. The molecule has 3 rings (SSSR count). The summed E-state index contributed by atoms with van der Waals surface area (Å²) < 4.78 is 0. The van der Waals surface area contributed by atoms with E-state index in [4.69, 9.17) is 0 Å². The lowest BCUT2D eigenvalue weighted by Crippen LogP contribution is -2.46. The fourth-order valence-corrected chi connectivity index (χ4v) is 4.02. The van der Waals surface area contributed by atoms with Gasteiger partial charge in [0.05, 0.1) is 0 Å². The molecule has 2 fully saturated rings. The normalized spacial score (nSPS) is 19.5. The first-order chi connectivity index (χ1) is 13.6. The molecule has 0 bridgehead atoms. The maximum atomic E-state index is 12.5. The first-order valence-corrected chi connectivity index (χ1v) is 10.7. The van der Waals surface area contributed by atoms with Crippen LogP contribution in [0.1, 0.15) is 36.0 Å². The molecule has 2 aliphatic heterocycles. The van der Waals surface area contributed by atoms with Gasteiger partial charge in [-0.15, -0.1) is 0 Å². The second kappa shape index (κ2) is 10.6. The lowest BCUT2D eigenvalue weighted by Gasteiger charge is -2.32. The number of likely N-dealkylation sites (tertiary alicyclic amines) is 1. The molecule has 2 heterocycles. The van der Waals surface area contributed by atoms with Gasteiger partial charge in [0, 0.05) is 57.3 Å². The van der Waals surface area contributed by atoms with Gasteiger partial charge in [-0.3, -0.25) is 4.79 Å². The number of Topliss-reactive ketones (excluding diaryl/α,β-unsaturated/α-hetero) is 1. The fourth-order valence-electron chi connectivity index (χ4n) is 4.02. The summed E-state index contributed by atoms with van der Waals surface area (Å²) in [6, 6.07) is 9.51. The molecule has 2 saturated heterocycles. The number of carbonyl (C=O) groups is 2. The van der Waals surface area contributed by atoms with Crippen molar-refractivity contribution >= 4 is 11.8 Å². The highest BCUT2D eigenvalue weighted by atomic mass is 16.2. The monoisotopic (exact) mass is 386 g/mol. The molecule has 6 heteroatoms. The molecule has 0 unspecified atom stereocenters. The van der Waals surface area contributed by atoms with E-state index in [0.717, 1.165) is 70.5 Å². The summed E-state index contributed by atoms with van der Waals surface area (Å²) in [5.41, 5.74) is 0.783. The first kappa shape index (κ1) is 20.8. The zero-order chi connectivity index (χ0) is 19.8. The zero-order valence-corrected chi connectivity index (χ0v) is 17.1. The summed E-state index contributed by atoms with van der Waals surface area (Å²) in [4.78, 5) is 31.6. The third kappa shape index (κ3) is 6.04. The Morgan fingerprint density at radius 3 is 2.32 bits per heavy atom. The molecule has 0 aliphatic carbocycles. The van der Waals surface area contributed by atoms with Crippen molar-refractivity contribution in [2.45, 2.75) is 25.7 Å². The Morgan fingerprint density at radius 1 is 0.964 bits per heavy atom. The number of piperazine rings is 1. The second-order valence-electron chi connectivity index (χ2n) is 8.08. The van der Waals surface area contributed by atoms with Crippen molar-refractivity contribution in [1.29, 1.82) is 0 Å². The van der Waals surface area contributed by atoms with Gasteiger partial charge in [-0.05, 0) is 39.3 Å². The lowest BCUT2D eigenvalue weighted by molar-refractivity contribution is 0.0854. The van der Waals surface area contributed by atoms with Gasteiger partial charge in [0.2, 0.25) is 0 Å². The number of urea groups is 1. The predicted molar refractivity (Wildman–Crippen MR) is 112 cm³/mol. The Hall–Kier alpha value is -1.92. The third-order valence-electron chi connectivity index (χ3n) is 5.98. The average Bonchev–Trinajstić information content (AvgIpc) is 2.75. The van der Waals surface area contributed by atoms with Crippen LogP contribution >= 0.6 is 0 Å². The average molecular weight is 387 g/mol. The van der Waals surface area contributed by atoms with Crippen LogP contribution in [0.2, 0.25) is 0 Å². The molecule has 2 amide bonds. The van der Waals surface area contributed by atoms with Gasteiger partial charge >= 0.3 is 6.03 Å². The molecule has 6 nitrogen and oxygen atoms in total. The van der Waals surface area contributed by atoms with E-state index in [1.807, 2.05) is 35.2 Å². The van der Waals surface area contributed by atoms with Crippen LogP contribution in [0.15, 0.2) is 30.3 Å². The number of piperidine rings is 1. The molecule has 154 valence electrons. The third-order valence-corrected chi connectivity index (χ3v) is 5.98. The molecule has 1 N–H and O–H groups in total. The summed E-state index contributed by atoms with van der Waals surface area (Å²) in [5.74, 6) is 0.250. The maximum Gasteiger partial charge on any atom is 0.317 e. The van der Waals surface area contributed by atoms with Crippen molar-refractivity contribution in [2.75, 3.05) is 59.4 Å². The van der Waals surface area contributed by atoms with E-state index < -0.39 is 0 Å². The topological polar surface area (TPSA) is 55.9 Å². The molecule has 0 radical (unpaired) electrons. The number of likely N-dealkylation sites (N-methyl/N-ethyl adjacent to an activating group) is 1. The van der Waals surface area contributed by atoms with Crippen LogP contribution in [-0.2, 0) is 0 Å². The van der Waals surface area contributed by atoms with E-state index in [1.165, 1.54) is 0 Å². The first-order valence-electron chi connectivity index (χ1n) is 10.7. The predicted octanol–water partition coefficient (Wildman–Crippen LogP) is 2.32. The Labute approximate surface area is 168 Å². The molecule has 2 aliphatic rings. The van der Waals surface area contributed by atoms with Gasteiger partial charge in [0.25, 0.3) is 0 Å². The Kier molecular flexibility index (Phi) is 7.86. The van der Waals surface area contributed by atoms with Gasteiger partial charge in [0.1, 0.15) is 0 Å². The van der Waals surface area contributed by atoms with Gasteiger partial charge < -0.3 is 20.0 Å². The number of unbranched alkanes of at least 4 members (excludes halogenated alkanes) is 1. The molecule has 0 aromatic heterocycles. The maximum absolute atomic E-state index is 12.5. The van der Waals surface area contributed by atoms with Crippen molar-refractivity contribution in [2.24, 2.45) is 5.92 Å². The van der Waals surface area contributed by atoms with Gasteiger partial charge in [-0.25, -0.2) is 4.79 Å². The van der Waals surface area contributed by atoms with Crippen LogP contribution in [0.3, 0.4) is 0 Å². The zero-order valence-electron chi connectivity index (χ0n) is 17.1.